The number of nitrogens with two attached hydrogens (primary N) is 2. The monoisotopic (exact) mass is 495 g/mol. The maximum Gasteiger partial charge on any atom is 0.328 e. The minimum atomic E-state index is -1.60. The van der Waals surface area contributed by atoms with E-state index in [4.69, 9.17) is 16.6 Å². The highest BCUT2D eigenvalue weighted by Crippen LogP contribution is 2.12. The molecule has 13 nitrogen and oxygen atoms in total. The van der Waals surface area contributed by atoms with Gasteiger partial charge in [0.25, 0.3) is 0 Å². The molecule has 10 N–H and O–H groups in total. The quantitative estimate of drug-likeness (QED) is 0.138. The number of hydrogen-bond donors (Lipinski definition) is 8. The number of aliphatic carboxylic acids is 1. The van der Waals surface area contributed by atoms with Crippen LogP contribution in [0.15, 0.2) is 24.3 Å². The molecule has 0 aliphatic heterocycles. The van der Waals surface area contributed by atoms with Crippen molar-refractivity contribution < 1.29 is 39.3 Å². The van der Waals surface area contributed by atoms with E-state index in [0.29, 0.717) is 5.56 Å². The Kier molecular flexibility index (Phi) is 11.6. The van der Waals surface area contributed by atoms with Crippen molar-refractivity contribution in [2.45, 2.75) is 57.3 Å². The lowest BCUT2D eigenvalue weighted by molar-refractivity contribution is -0.143. The van der Waals surface area contributed by atoms with Crippen LogP contribution in [0.4, 0.5) is 0 Å². The first kappa shape index (κ1) is 29.3. The summed E-state index contributed by atoms with van der Waals surface area (Å²) in [5.41, 5.74) is 11.2. The average molecular weight is 496 g/mol. The second-order valence-corrected chi connectivity index (χ2v) is 8.48. The molecule has 4 atom stereocenters. The van der Waals surface area contributed by atoms with Crippen molar-refractivity contribution in [1.29, 1.82) is 0 Å². The van der Waals surface area contributed by atoms with Crippen molar-refractivity contribution in [1.82, 2.24) is 16.0 Å². The summed E-state index contributed by atoms with van der Waals surface area (Å²) in [4.78, 5) is 60.5. The van der Waals surface area contributed by atoms with Crippen LogP contribution in [-0.4, -0.2) is 75.7 Å². The van der Waals surface area contributed by atoms with Crippen LogP contribution < -0.4 is 27.4 Å². The first-order chi connectivity index (χ1) is 16.3. The van der Waals surface area contributed by atoms with Gasteiger partial charge in [-0.05, 0) is 30.0 Å². The van der Waals surface area contributed by atoms with Gasteiger partial charge in [0, 0.05) is 6.42 Å². The Labute approximate surface area is 202 Å². The molecule has 0 saturated heterocycles. The normalized spacial score (nSPS) is 14.3. The molecule has 0 heterocycles. The molecule has 194 valence electrons. The van der Waals surface area contributed by atoms with Gasteiger partial charge >= 0.3 is 5.97 Å². The van der Waals surface area contributed by atoms with Gasteiger partial charge in [0.05, 0.1) is 19.1 Å². The number of aliphatic hydroxyl groups is 1. The zero-order valence-corrected chi connectivity index (χ0v) is 19.6. The fraction of sp³-hybridized carbons (Fsp3) is 0.500. The van der Waals surface area contributed by atoms with Crippen LogP contribution in [0.2, 0.25) is 0 Å². The summed E-state index contributed by atoms with van der Waals surface area (Å²) in [6, 6.07) is 0.503. The largest absolute Gasteiger partial charge is 0.508 e. The van der Waals surface area contributed by atoms with Crippen LogP contribution in [0, 0.1) is 5.92 Å². The van der Waals surface area contributed by atoms with E-state index in [2.05, 4.69) is 16.0 Å². The third-order valence-electron chi connectivity index (χ3n) is 4.90. The Bertz CT molecular complexity index is 906. The third kappa shape index (κ3) is 10.4. The summed E-state index contributed by atoms with van der Waals surface area (Å²) in [7, 11) is 0. The Morgan fingerprint density at radius 3 is 1.89 bits per heavy atom. The van der Waals surface area contributed by atoms with E-state index < -0.39 is 66.8 Å². The number of primary amides is 1. The van der Waals surface area contributed by atoms with Gasteiger partial charge < -0.3 is 42.7 Å². The molecule has 13 heteroatoms. The van der Waals surface area contributed by atoms with Crippen molar-refractivity contribution >= 4 is 29.6 Å². The van der Waals surface area contributed by atoms with Crippen LogP contribution >= 0.6 is 0 Å². The zero-order chi connectivity index (χ0) is 26.7. The summed E-state index contributed by atoms with van der Waals surface area (Å²) in [5.74, 6) is -4.74. The summed E-state index contributed by atoms with van der Waals surface area (Å²) < 4.78 is 0. The van der Waals surface area contributed by atoms with Crippen LogP contribution in [0.1, 0.15) is 32.3 Å². The van der Waals surface area contributed by atoms with E-state index in [9.17, 15) is 34.2 Å². The lowest BCUT2D eigenvalue weighted by Gasteiger charge is -2.26. The van der Waals surface area contributed by atoms with E-state index in [1.807, 2.05) is 0 Å². The first-order valence-electron chi connectivity index (χ1n) is 10.9. The lowest BCUT2D eigenvalue weighted by atomic mass is 10.0. The van der Waals surface area contributed by atoms with E-state index in [1.54, 1.807) is 13.8 Å². The topological polar surface area (TPSA) is 234 Å². The molecule has 0 saturated carbocycles. The number of carboxylic acid groups (broad SMARTS) is 1. The number of carbonyl (C=O) groups is 5. The Balaban J connectivity index is 3.12. The number of phenolic OH excluding ortho intramolecular Hbond substituents is 1. The molecule has 35 heavy (non-hydrogen) atoms. The highest BCUT2D eigenvalue weighted by Gasteiger charge is 2.31. The Morgan fingerprint density at radius 2 is 1.40 bits per heavy atom. The molecule has 0 radical (unpaired) electrons. The number of hydrogen-bond acceptors (Lipinski definition) is 8. The highest BCUT2D eigenvalue weighted by atomic mass is 16.4. The van der Waals surface area contributed by atoms with Gasteiger partial charge in [-0.25, -0.2) is 4.79 Å². The standard InChI is InChI=1S/C22H33N5O8/c1-11(2)7-15(25-19(31)14(23)9-18(24)30)20(32)26-16(8-12-3-5-13(29)6-4-12)21(33)27-17(10-28)22(34)35/h3-6,11,14-17,28-29H,7-10,23H2,1-2H3,(H2,24,30)(H,25,31)(H,26,32)(H,27,33)(H,34,35). The van der Waals surface area contributed by atoms with Crippen LogP contribution in [0.5, 0.6) is 5.75 Å². The van der Waals surface area contributed by atoms with Crippen LogP contribution in [-0.2, 0) is 30.4 Å². The van der Waals surface area contributed by atoms with E-state index in [0.717, 1.165) is 0 Å². The number of phenols is 1. The predicted octanol–water partition coefficient (Wildman–Crippen LogP) is -2.29. The van der Waals surface area contributed by atoms with Crippen molar-refractivity contribution in [2.24, 2.45) is 17.4 Å². The number of carboxylic acids is 1. The summed E-state index contributed by atoms with van der Waals surface area (Å²) in [6.07, 6.45) is -0.340. The second kappa shape index (κ2) is 13.9. The SMILES string of the molecule is CC(C)CC(NC(=O)C(N)CC(N)=O)C(=O)NC(Cc1ccc(O)cc1)C(=O)NC(CO)C(=O)O. The van der Waals surface area contributed by atoms with Gasteiger partial charge in [-0.2, -0.15) is 0 Å². The Hall–Kier alpha value is -3.71. The second-order valence-electron chi connectivity index (χ2n) is 8.48. The predicted molar refractivity (Wildman–Crippen MR) is 124 cm³/mol. The number of amides is 4. The molecule has 0 aliphatic carbocycles. The van der Waals surface area contributed by atoms with Crippen molar-refractivity contribution in [2.75, 3.05) is 6.61 Å². The molecule has 0 spiro atoms. The lowest BCUT2D eigenvalue weighted by Crippen LogP contribution is -2.58. The Morgan fingerprint density at radius 1 is 0.886 bits per heavy atom. The minimum absolute atomic E-state index is 0.0166. The number of aromatic hydroxyl groups is 1. The van der Waals surface area contributed by atoms with Crippen LogP contribution in [0.3, 0.4) is 0 Å². The number of rotatable bonds is 14. The number of aliphatic hydroxyl groups excluding tert-OH is 1. The first-order valence-corrected chi connectivity index (χ1v) is 10.9. The number of nitrogens with one attached hydrogen (secondary N) is 3. The number of carbonyl (C=O) groups excluding carboxylic acids is 4. The van der Waals surface area contributed by atoms with Gasteiger partial charge in [-0.15, -0.1) is 0 Å². The van der Waals surface area contributed by atoms with Gasteiger partial charge in [-0.3, -0.25) is 19.2 Å². The van der Waals surface area contributed by atoms with Gasteiger partial charge in [0.2, 0.25) is 23.6 Å². The molecule has 1 rings (SSSR count). The third-order valence-corrected chi connectivity index (χ3v) is 4.90. The summed E-state index contributed by atoms with van der Waals surface area (Å²) in [6.45, 7) is 2.73. The van der Waals surface area contributed by atoms with Crippen LogP contribution in [0.25, 0.3) is 0 Å². The van der Waals surface area contributed by atoms with Crippen molar-refractivity contribution in [3.63, 3.8) is 0 Å². The average Bonchev–Trinajstić information content (AvgIpc) is 2.76. The van der Waals surface area contributed by atoms with Crippen molar-refractivity contribution in [3.8, 4) is 5.75 Å². The molecule has 0 bridgehead atoms. The smallest absolute Gasteiger partial charge is 0.328 e. The molecular weight excluding hydrogens is 462 g/mol. The fourth-order valence-corrected chi connectivity index (χ4v) is 3.10. The van der Waals surface area contributed by atoms with E-state index in [1.165, 1.54) is 24.3 Å². The summed E-state index contributed by atoms with van der Waals surface area (Å²) in [5, 5.41) is 34.9. The number of benzene rings is 1. The fourth-order valence-electron chi connectivity index (χ4n) is 3.10. The van der Waals surface area contributed by atoms with Gasteiger partial charge in [0.15, 0.2) is 0 Å². The minimum Gasteiger partial charge on any atom is -0.508 e. The molecule has 0 fully saturated rings. The molecule has 4 unspecified atom stereocenters. The highest BCUT2D eigenvalue weighted by molar-refractivity contribution is 5.95. The van der Waals surface area contributed by atoms with E-state index >= 15 is 0 Å². The molecule has 0 aliphatic rings. The maximum atomic E-state index is 13.1. The van der Waals surface area contributed by atoms with Gasteiger partial charge in [-0.1, -0.05) is 26.0 Å². The summed E-state index contributed by atoms with van der Waals surface area (Å²) >= 11 is 0. The zero-order valence-electron chi connectivity index (χ0n) is 19.6. The van der Waals surface area contributed by atoms with Gasteiger partial charge in [0.1, 0.15) is 23.9 Å². The maximum absolute atomic E-state index is 13.1. The van der Waals surface area contributed by atoms with E-state index in [-0.39, 0.29) is 24.5 Å². The molecule has 4 amide bonds. The molecule has 0 aromatic heterocycles. The molecule has 1 aromatic carbocycles. The molecular formula is C22H33N5O8. The molecule has 1 aromatic rings. The van der Waals surface area contributed by atoms with Crippen molar-refractivity contribution in [3.05, 3.63) is 29.8 Å².